The van der Waals surface area contributed by atoms with Crippen molar-refractivity contribution in [3.8, 4) is 0 Å². The largest absolute Gasteiger partial charge is 0.481 e. The van der Waals surface area contributed by atoms with Crippen molar-refractivity contribution in [2.24, 2.45) is 11.8 Å². The maximum Gasteiger partial charge on any atom is 0.303 e. The third-order valence-electron chi connectivity index (χ3n) is 7.32. The summed E-state index contributed by atoms with van der Waals surface area (Å²) in [7, 11) is -1.86. The van der Waals surface area contributed by atoms with E-state index in [0.29, 0.717) is 24.5 Å². The Morgan fingerprint density at radius 1 is 1.25 bits per heavy atom. The standard InChI is InChI=1S/C27H48O4Si/c1-8-9-14-21(2)25(31-32(6,7)27(3,4)5)20-18-22-17-19-24(28)23(22)15-12-10-11-13-16-26(29)30/h10,12,17,21,23,25H,8-9,11,13-16,18-20H2,1-7H3,(H,29,30)/b12-10-/t21?,23-,25-/m1/s1. The normalized spacial score (nSPS) is 19.4. The van der Waals surface area contributed by atoms with Crippen molar-refractivity contribution < 1.29 is 19.1 Å². The summed E-state index contributed by atoms with van der Waals surface area (Å²) in [6.45, 7) is 16.1. The van der Waals surface area contributed by atoms with Crippen LogP contribution in [0.1, 0.15) is 98.8 Å². The minimum atomic E-state index is -1.86. The summed E-state index contributed by atoms with van der Waals surface area (Å²) in [6.07, 6.45) is 14.9. The highest BCUT2D eigenvalue weighted by molar-refractivity contribution is 6.74. The molecule has 0 spiro atoms. The first-order valence-electron chi connectivity index (χ1n) is 12.6. The second kappa shape index (κ2) is 13.5. The van der Waals surface area contributed by atoms with E-state index in [0.717, 1.165) is 25.7 Å². The highest BCUT2D eigenvalue weighted by Crippen LogP contribution is 2.40. The van der Waals surface area contributed by atoms with Gasteiger partial charge in [0.25, 0.3) is 0 Å². The van der Waals surface area contributed by atoms with Crippen LogP contribution in [0.15, 0.2) is 23.8 Å². The van der Waals surface area contributed by atoms with Crippen LogP contribution in [-0.4, -0.2) is 31.3 Å². The zero-order valence-corrected chi connectivity index (χ0v) is 22.7. The number of ketones is 1. The molecule has 0 bridgehead atoms. The molecule has 0 fully saturated rings. The van der Waals surface area contributed by atoms with E-state index in [-0.39, 0.29) is 23.5 Å². The van der Waals surface area contributed by atoms with Crippen molar-refractivity contribution in [3.63, 3.8) is 0 Å². The second-order valence-electron chi connectivity index (χ2n) is 11.1. The lowest BCUT2D eigenvalue weighted by Gasteiger charge is -2.41. The van der Waals surface area contributed by atoms with Crippen molar-refractivity contribution in [2.75, 3.05) is 0 Å². The molecule has 1 N–H and O–H groups in total. The van der Waals surface area contributed by atoms with Crippen LogP contribution in [0.5, 0.6) is 0 Å². The van der Waals surface area contributed by atoms with E-state index in [2.05, 4.69) is 59.9 Å². The SMILES string of the molecule is CCCCC(C)[C@@H](CCC1=CCC(=O)[C@@H]1C/C=C\CCCC(=O)O)O[Si](C)(C)C(C)(C)C. The molecule has 184 valence electrons. The molecule has 0 aromatic carbocycles. The van der Waals surface area contributed by atoms with Gasteiger partial charge in [0.1, 0.15) is 5.78 Å². The van der Waals surface area contributed by atoms with Gasteiger partial charge in [-0.3, -0.25) is 9.59 Å². The predicted octanol–water partition coefficient (Wildman–Crippen LogP) is 7.70. The summed E-state index contributed by atoms with van der Waals surface area (Å²) >= 11 is 0. The molecule has 5 heteroatoms. The number of aliphatic carboxylic acids is 1. The fourth-order valence-corrected chi connectivity index (χ4v) is 5.50. The first-order chi connectivity index (χ1) is 14.9. The molecular formula is C27H48O4Si. The van der Waals surface area contributed by atoms with Crippen LogP contribution in [-0.2, 0) is 14.0 Å². The number of carboxylic acid groups (broad SMARTS) is 1. The number of hydrogen-bond donors (Lipinski definition) is 1. The maximum atomic E-state index is 12.5. The number of carbonyl (C=O) groups is 2. The Labute approximate surface area is 198 Å². The molecule has 1 rings (SSSR count). The second-order valence-corrected chi connectivity index (χ2v) is 15.8. The topological polar surface area (TPSA) is 63.6 Å². The van der Waals surface area contributed by atoms with Crippen LogP contribution in [0.2, 0.25) is 18.1 Å². The van der Waals surface area contributed by atoms with E-state index in [1.54, 1.807) is 0 Å². The molecule has 0 amide bonds. The molecule has 3 atom stereocenters. The molecular weight excluding hydrogens is 416 g/mol. The molecule has 0 heterocycles. The number of Topliss-reactive ketones (excluding diaryl/α,β-unsaturated/α-hetero) is 1. The summed E-state index contributed by atoms with van der Waals surface area (Å²) in [4.78, 5) is 23.1. The molecule has 0 saturated heterocycles. The molecule has 4 nitrogen and oxygen atoms in total. The molecule has 32 heavy (non-hydrogen) atoms. The van der Waals surface area contributed by atoms with Gasteiger partial charge in [0.15, 0.2) is 8.32 Å². The highest BCUT2D eigenvalue weighted by Gasteiger charge is 2.40. The highest BCUT2D eigenvalue weighted by atomic mass is 28.4. The van der Waals surface area contributed by atoms with Crippen molar-refractivity contribution in [3.05, 3.63) is 23.8 Å². The van der Waals surface area contributed by atoms with Gasteiger partial charge < -0.3 is 9.53 Å². The molecule has 0 radical (unpaired) electrons. The van der Waals surface area contributed by atoms with E-state index < -0.39 is 14.3 Å². The lowest BCUT2D eigenvalue weighted by Crippen LogP contribution is -2.45. The fraction of sp³-hybridized carbons (Fsp3) is 0.778. The maximum absolute atomic E-state index is 12.5. The zero-order valence-electron chi connectivity index (χ0n) is 21.7. The Morgan fingerprint density at radius 3 is 2.53 bits per heavy atom. The number of carboxylic acids is 1. The summed E-state index contributed by atoms with van der Waals surface area (Å²) in [5.74, 6) is 0.0767. The van der Waals surface area contributed by atoms with E-state index in [4.69, 9.17) is 9.53 Å². The van der Waals surface area contributed by atoms with Crippen LogP contribution in [0.3, 0.4) is 0 Å². The molecule has 0 aliphatic heterocycles. The predicted molar refractivity (Wildman–Crippen MR) is 136 cm³/mol. The van der Waals surface area contributed by atoms with Crippen LogP contribution in [0.25, 0.3) is 0 Å². The van der Waals surface area contributed by atoms with Gasteiger partial charge in [-0.25, -0.2) is 0 Å². The van der Waals surface area contributed by atoms with Crippen molar-refractivity contribution >= 4 is 20.1 Å². The first-order valence-corrected chi connectivity index (χ1v) is 15.6. The van der Waals surface area contributed by atoms with Crippen molar-refractivity contribution in [2.45, 2.75) is 123 Å². The average Bonchev–Trinajstić information content (AvgIpc) is 3.04. The van der Waals surface area contributed by atoms with Crippen LogP contribution in [0.4, 0.5) is 0 Å². The van der Waals surface area contributed by atoms with Crippen molar-refractivity contribution in [1.29, 1.82) is 0 Å². The number of unbranched alkanes of at least 4 members (excludes halogenated alkanes) is 2. The minimum absolute atomic E-state index is 0.00908. The summed E-state index contributed by atoms with van der Waals surface area (Å²) < 4.78 is 6.89. The van der Waals surface area contributed by atoms with E-state index in [1.165, 1.54) is 24.8 Å². The summed E-state index contributed by atoms with van der Waals surface area (Å²) in [6, 6.07) is 0. The Balaban J connectivity index is 2.73. The van der Waals surface area contributed by atoms with Crippen LogP contribution >= 0.6 is 0 Å². The monoisotopic (exact) mass is 464 g/mol. The van der Waals surface area contributed by atoms with Crippen molar-refractivity contribution in [1.82, 2.24) is 0 Å². The van der Waals surface area contributed by atoms with E-state index in [9.17, 15) is 9.59 Å². The average molecular weight is 465 g/mol. The molecule has 0 saturated carbocycles. The fourth-order valence-electron chi connectivity index (χ4n) is 4.04. The number of hydrogen-bond acceptors (Lipinski definition) is 3. The molecule has 0 aromatic heterocycles. The van der Waals surface area contributed by atoms with Gasteiger partial charge in [-0.2, -0.15) is 0 Å². The van der Waals surface area contributed by atoms with E-state index in [1.807, 2.05) is 6.08 Å². The van der Waals surface area contributed by atoms with Crippen LogP contribution < -0.4 is 0 Å². The smallest absolute Gasteiger partial charge is 0.303 e. The number of rotatable bonds is 15. The number of allylic oxidation sites excluding steroid dienone is 4. The molecule has 0 aromatic rings. The molecule has 1 aliphatic carbocycles. The Morgan fingerprint density at radius 2 is 1.94 bits per heavy atom. The Bertz CT molecular complexity index is 657. The number of carbonyl (C=O) groups excluding carboxylic acids is 1. The quantitative estimate of drug-likeness (QED) is 0.153. The van der Waals surface area contributed by atoms with Gasteiger partial charge in [0, 0.05) is 24.9 Å². The zero-order chi connectivity index (χ0) is 24.4. The van der Waals surface area contributed by atoms with Gasteiger partial charge in [0.05, 0.1) is 0 Å². The summed E-state index contributed by atoms with van der Waals surface area (Å²) in [5.41, 5.74) is 1.27. The molecule has 1 unspecified atom stereocenters. The molecule has 1 aliphatic rings. The Kier molecular flexibility index (Phi) is 12.2. The summed E-state index contributed by atoms with van der Waals surface area (Å²) in [5, 5.41) is 8.92. The first kappa shape index (κ1) is 28.8. The lowest BCUT2D eigenvalue weighted by atomic mass is 9.89. The Hall–Kier alpha value is -1.20. The van der Waals surface area contributed by atoms with Crippen LogP contribution in [0, 0.1) is 11.8 Å². The third kappa shape index (κ3) is 9.74. The van der Waals surface area contributed by atoms with E-state index >= 15 is 0 Å². The van der Waals surface area contributed by atoms with Gasteiger partial charge >= 0.3 is 5.97 Å². The van der Waals surface area contributed by atoms with Gasteiger partial charge in [-0.05, 0) is 62.6 Å². The minimum Gasteiger partial charge on any atom is -0.481 e. The van der Waals surface area contributed by atoms with Gasteiger partial charge in [-0.1, -0.05) is 71.3 Å². The van der Waals surface area contributed by atoms with Gasteiger partial charge in [0.2, 0.25) is 0 Å². The third-order valence-corrected chi connectivity index (χ3v) is 11.8. The lowest BCUT2D eigenvalue weighted by molar-refractivity contribution is -0.137. The van der Waals surface area contributed by atoms with Gasteiger partial charge in [-0.15, -0.1) is 0 Å².